The van der Waals surface area contributed by atoms with Gasteiger partial charge in [0.25, 0.3) is 0 Å². The van der Waals surface area contributed by atoms with Crippen molar-refractivity contribution in [1.29, 1.82) is 0 Å². The minimum absolute atomic E-state index is 0.150. The smallest absolute Gasteiger partial charge is 0.225 e. The molecular weight excluding hydrogens is 162 g/mol. The molecule has 1 rings (SSSR count). The van der Waals surface area contributed by atoms with Gasteiger partial charge in [-0.2, -0.15) is 0 Å². The average Bonchev–Trinajstić information content (AvgIpc) is 2.01. The summed E-state index contributed by atoms with van der Waals surface area (Å²) in [7, 11) is 0. The van der Waals surface area contributed by atoms with Gasteiger partial charge in [0, 0.05) is 19.0 Å². The van der Waals surface area contributed by atoms with Crippen molar-refractivity contribution in [2.24, 2.45) is 17.8 Å². The summed E-state index contributed by atoms with van der Waals surface area (Å²) in [5, 5.41) is 0. The molecule has 0 radical (unpaired) electrons. The molecule has 2 nitrogen and oxygen atoms in total. The number of likely N-dealkylation sites (tertiary alicyclic amines) is 1. The van der Waals surface area contributed by atoms with E-state index in [-0.39, 0.29) is 5.92 Å². The predicted molar refractivity (Wildman–Crippen MR) is 54.4 cm³/mol. The molecule has 0 spiro atoms. The fraction of sp³-hybridized carbons (Fsp3) is 0.909. The number of rotatable bonds is 1. The van der Waals surface area contributed by atoms with Crippen LogP contribution in [-0.2, 0) is 4.79 Å². The van der Waals surface area contributed by atoms with Crippen LogP contribution in [0.4, 0.5) is 0 Å². The lowest BCUT2D eigenvalue weighted by molar-refractivity contribution is -0.137. The molecule has 1 heterocycles. The molecule has 1 aliphatic rings. The second-order valence-corrected chi connectivity index (χ2v) is 4.84. The minimum Gasteiger partial charge on any atom is -0.342 e. The Morgan fingerprint density at radius 3 is 2.08 bits per heavy atom. The summed E-state index contributed by atoms with van der Waals surface area (Å²) < 4.78 is 0. The maximum absolute atomic E-state index is 11.7. The van der Waals surface area contributed by atoms with E-state index in [1.807, 2.05) is 18.7 Å². The van der Waals surface area contributed by atoms with E-state index in [9.17, 15) is 4.79 Å². The zero-order valence-corrected chi connectivity index (χ0v) is 9.21. The van der Waals surface area contributed by atoms with E-state index in [1.165, 1.54) is 6.42 Å². The quantitative estimate of drug-likeness (QED) is 0.610. The van der Waals surface area contributed by atoms with Crippen LogP contribution in [0.15, 0.2) is 0 Å². The summed E-state index contributed by atoms with van der Waals surface area (Å²) >= 11 is 0. The van der Waals surface area contributed by atoms with Crippen molar-refractivity contribution in [3.05, 3.63) is 0 Å². The molecule has 0 aliphatic carbocycles. The number of hydrogen-bond acceptors (Lipinski definition) is 1. The fourth-order valence-electron chi connectivity index (χ4n) is 2.21. The molecule has 1 fully saturated rings. The van der Waals surface area contributed by atoms with Crippen molar-refractivity contribution in [1.82, 2.24) is 4.90 Å². The Bertz CT molecular complexity index is 179. The first-order valence-corrected chi connectivity index (χ1v) is 5.29. The summed E-state index contributed by atoms with van der Waals surface area (Å²) in [6, 6.07) is 0. The number of carbonyl (C=O) groups excluding carboxylic acids is 1. The molecule has 0 N–H and O–H groups in total. The summed E-state index contributed by atoms with van der Waals surface area (Å²) in [6.45, 7) is 10.3. The molecule has 76 valence electrons. The molecule has 0 aromatic carbocycles. The van der Waals surface area contributed by atoms with E-state index in [0.717, 1.165) is 13.1 Å². The lowest BCUT2D eigenvalue weighted by Crippen LogP contribution is -2.44. The maximum atomic E-state index is 11.7. The first-order valence-electron chi connectivity index (χ1n) is 5.29. The number of hydrogen-bond donors (Lipinski definition) is 0. The van der Waals surface area contributed by atoms with Crippen LogP contribution in [0.25, 0.3) is 0 Å². The third-order valence-corrected chi connectivity index (χ3v) is 2.67. The van der Waals surface area contributed by atoms with Gasteiger partial charge in [0.1, 0.15) is 0 Å². The van der Waals surface area contributed by atoms with Crippen LogP contribution in [0.2, 0.25) is 0 Å². The van der Waals surface area contributed by atoms with Crippen molar-refractivity contribution in [2.45, 2.75) is 34.1 Å². The molecule has 2 atom stereocenters. The second-order valence-electron chi connectivity index (χ2n) is 4.84. The Hall–Kier alpha value is -0.530. The third-order valence-electron chi connectivity index (χ3n) is 2.67. The molecule has 1 saturated heterocycles. The van der Waals surface area contributed by atoms with Gasteiger partial charge in [-0.05, 0) is 18.3 Å². The Labute approximate surface area is 81.3 Å². The van der Waals surface area contributed by atoms with Gasteiger partial charge in [0.15, 0.2) is 0 Å². The third kappa shape index (κ3) is 2.71. The van der Waals surface area contributed by atoms with Gasteiger partial charge in [0.2, 0.25) is 5.91 Å². The van der Waals surface area contributed by atoms with Crippen LogP contribution in [-0.4, -0.2) is 23.9 Å². The first kappa shape index (κ1) is 10.6. The Morgan fingerprint density at radius 2 is 1.69 bits per heavy atom. The highest BCUT2D eigenvalue weighted by atomic mass is 16.2. The normalized spacial score (nSPS) is 29.5. The lowest BCUT2D eigenvalue weighted by Gasteiger charge is -2.36. The lowest BCUT2D eigenvalue weighted by atomic mass is 9.91. The molecule has 0 unspecified atom stereocenters. The second kappa shape index (κ2) is 4.12. The average molecular weight is 183 g/mol. The molecule has 0 aromatic rings. The number of carbonyl (C=O) groups is 1. The molecule has 1 aliphatic heterocycles. The SMILES string of the molecule is CC(C)C(=O)N1C[C@@H](C)C[C@H](C)C1. The van der Waals surface area contributed by atoms with Gasteiger partial charge in [-0.15, -0.1) is 0 Å². The zero-order valence-electron chi connectivity index (χ0n) is 9.21. The Balaban J connectivity index is 2.55. The molecule has 0 bridgehead atoms. The van der Waals surface area contributed by atoms with Crippen molar-refractivity contribution in [3.63, 3.8) is 0 Å². The minimum atomic E-state index is 0.150. The summed E-state index contributed by atoms with van der Waals surface area (Å²) in [6.07, 6.45) is 1.27. The maximum Gasteiger partial charge on any atom is 0.225 e. The van der Waals surface area contributed by atoms with Crippen LogP contribution < -0.4 is 0 Å². The first-order chi connectivity index (χ1) is 6.00. The van der Waals surface area contributed by atoms with E-state index >= 15 is 0 Å². The number of amides is 1. The summed E-state index contributed by atoms with van der Waals surface area (Å²) in [5.41, 5.74) is 0. The van der Waals surface area contributed by atoms with Gasteiger partial charge in [-0.3, -0.25) is 4.79 Å². The van der Waals surface area contributed by atoms with Crippen molar-refractivity contribution in [2.75, 3.05) is 13.1 Å². The van der Waals surface area contributed by atoms with Crippen LogP contribution >= 0.6 is 0 Å². The topological polar surface area (TPSA) is 20.3 Å². The zero-order chi connectivity index (χ0) is 10.0. The molecule has 1 amide bonds. The predicted octanol–water partition coefficient (Wildman–Crippen LogP) is 2.15. The summed E-state index contributed by atoms with van der Waals surface area (Å²) in [4.78, 5) is 13.7. The van der Waals surface area contributed by atoms with Gasteiger partial charge < -0.3 is 4.90 Å². The molecule has 2 heteroatoms. The highest BCUT2D eigenvalue weighted by Crippen LogP contribution is 2.21. The van der Waals surface area contributed by atoms with Gasteiger partial charge in [0.05, 0.1) is 0 Å². The largest absolute Gasteiger partial charge is 0.342 e. The fourth-order valence-corrected chi connectivity index (χ4v) is 2.21. The van der Waals surface area contributed by atoms with E-state index in [1.54, 1.807) is 0 Å². The standard InChI is InChI=1S/C11H21NO/c1-8(2)11(13)12-6-9(3)5-10(4)7-12/h8-10H,5-7H2,1-4H3/t9-,10-/m0/s1. The highest BCUT2D eigenvalue weighted by Gasteiger charge is 2.26. The van der Waals surface area contributed by atoms with Gasteiger partial charge in [-0.1, -0.05) is 27.7 Å². The van der Waals surface area contributed by atoms with Crippen molar-refractivity contribution < 1.29 is 4.79 Å². The van der Waals surface area contributed by atoms with Crippen molar-refractivity contribution >= 4 is 5.91 Å². The monoisotopic (exact) mass is 183 g/mol. The Kier molecular flexibility index (Phi) is 3.34. The molecular formula is C11H21NO. The van der Waals surface area contributed by atoms with Crippen LogP contribution in [0.3, 0.4) is 0 Å². The number of nitrogens with zero attached hydrogens (tertiary/aromatic N) is 1. The molecule has 0 saturated carbocycles. The van der Waals surface area contributed by atoms with Crippen LogP contribution in [0.5, 0.6) is 0 Å². The Morgan fingerprint density at radius 1 is 1.23 bits per heavy atom. The van der Waals surface area contributed by atoms with Crippen molar-refractivity contribution in [3.8, 4) is 0 Å². The van der Waals surface area contributed by atoms with Crippen LogP contribution in [0.1, 0.15) is 34.1 Å². The summed E-state index contributed by atoms with van der Waals surface area (Å²) in [5.74, 6) is 1.81. The van der Waals surface area contributed by atoms with Crippen LogP contribution in [0, 0.1) is 17.8 Å². The van der Waals surface area contributed by atoms with E-state index in [0.29, 0.717) is 17.7 Å². The van der Waals surface area contributed by atoms with E-state index in [4.69, 9.17) is 0 Å². The van der Waals surface area contributed by atoms with Gasteiger partial charge >= 0.3 is 0 Å². The van der Waals surface area contributed by atoms with E-state index < -0.39 is 0 Å². The number of piperidine rings is 1. The molecule has 13 heavy (non-hydrogen) atoms. The van der Waals surface area contributed by atoms with E-state index in [2.05, 4.69) is 13.8 Å². The molecule has 0 aromatic heterocycles. The highest BCUT2D eigenvalue weighted by molar-refractivity contribution is 5.78. The van der Waals surface area contributed by atoms with Gasteiger partial charge in [-0.25, -0.2) is 0 Å².